The van der Waals surface area contributed by atoms with Crippen LogP contribution in [0.15, 0.2) is 11.6 Å². The largest absolute Gasteiger partial charge is 0.299 e. The molecule has 0 heterocycles. The van der Waals surface area contributed by atoms with E-state index in [1.165, 1.54) is 0 Å². The average molecular weight is 206 g/mol. The van der Waals surface area contributed by atoms with Gasteiger partial charge in [-0.25, -0.2) is 0 Å². The lowest BCUT2D eigenvalue weighted by Gasteiger charge is -2.32. The van der Waals surface area contributed by atoms with Gasteiger partial charge in [0.25, 0.3) is 0 Å². The summed E-state index contributed by atoms with van der Waals surface area (Å²) in [6.45, 7) is 2.15. The minimum absolute atomic E-state index is 0.215. The Hall–Kier alpha value is -0.920. The number of Topliss-reactive ketones (excluding diaryl/α,β-unsaturated/α-hetero) is 1. The van der Waals surface area contributed by atoms with Crippen LogP contribution in [0.3, 0.4) is 0 Å². The first-order valence-electron chi connectivity index (χ1n) is 5.96. The van der Waals surface area contributed by atoms with Crippen LogP contribution in [-0.2, 0) is 9.59 Å². The molecular formula is C13H18O2. The molecule has 0 unspecified atom stereocenters. The molecule has 2 aliphatic rings. The van der Waals surface area contributed by atoms with Crippen molar-refractivity contribution >= 4 is 11.6 Å². The predicted molar refractivity (Wildman–Crippen MR) is 58.5 cm³/mol. The van der Waals surface area contributed by atoms with Gasteiger partial charge in [-0.3, -0.25) is 9.59 Å². The number of unbranched alkanes of at least 4 members (excludes halogenated alkanes) is 1. The van der Waals surface area contributed by atoms with E-state index >= 15 is 0 Å². The van der Waals surface area contributed by atoms with Crippen LogP contribution in [-0.4, -0.2) is 11.6 Å². The summed E-state index contributed by atoms with van der Waals surface area (Å²) < 4.78 is 0. The van der Waals surface area contributed by atoms with E-state index in [1.54, 1.807) is 6.08 Å². The zero-order valence-corrected chi connectivity index (χ0v) is 9.34. The van der Waals surface area contributed by atoms with Crippen LogP contribution in [0.2, 0.25) is 0 Å². The van der Waals surface area contributed by atoms with Crippen molar-refractivity contribution < 1.29 is 9.59 Å². The van der Waals surface area contributed by atoms with Gasteiger partial charge < -0.3 is 0 Å². The number of carbonyl (C=O) groups excluding carboxylic acids is 2. The van der Waals surface area contributed by atoms with E-state index in [9.17, 15) is 9.59 Å². The summed E-state index contributed by atoms with van der Waals surface area (Å²) in [6.07, 6.45) is 7.76. The van der Waals surface area contributed by atoms with Crippen molar-refractivity contribution in [2.75, 3.05) is 0 Å². The molecule has 0 aromatic heterocycles. The predicted octanol–water partition coefficient (Wildman–Crippen LogP) is 2.82. The number of hydrogen-bond acceptors (Lipinski definition) is 2. The van der Waals surface area contributed by atoms with Crippen LogP contribution in [0.1, 0.15) is 51.9 Å². The Morgan fingerprint density at radius 3 is 2.80 bits per heavy atom. The lowest BCUT2D eigenvalue weighted by atomic mass is 9.70. The highest BCUT2D eigenvalue weighted by Gasteiger charge is 2.46. The molecule has 1 saturated carbocycles. The standard InChI is InChI=1S/C13H18O2/c1-2-3-7-13-8-6-11(14)9-10(13)4-5-12(13)15/h9H,2-8H2,1H3/t13-/m0/s1. The van der Waals surface area contributed by atoms with Crippen LogP contribution in [0, 0.1) is 5.41 Å². The monoisotopic (exact) mass is 206 g/mol. The van der Waals surface area contributed by atoms with Gasteiger partial charge in [0.2, 0.25) is 0 Å². The minimum Gasteiger partial charge on any atom is -0.299 e. The molecule has 0 bridgehead atoms. The Kier molecular flexibility index (Phi) is 2.76. The highest BCUT2D eigenvalue weighted by atomic mass is 16.1. The van der Waals surface area contributed by atoms with E-state index < -0.39 is 0 Å². The third kappa shape index (κ3) is 1.66. The van der Waals surface area contributed by atoms with E-state index in [2.05, 4.69) is 6.92 Å². The molecule has 0 N–H and O–H groups in total. The summed E-state index contributed by atoms with van der Waals surface area (Å²) in [7, 11) is 0. The molecule has 2 aliphatic carbocycles. The van der Waals surface area contributed by atoms with Gasteiger partial charge in [0.1, 0.15) is 5.78 Å². The quantitative estimate of drug-likeness (QED) is 0.711. The van der Waals surface area contributed by atoms with E-state index in [1.807, 2.05) is 0 Å². The first kappa shape index (κ1) is 10.6. The van der Waals surface area contributed by atoms with Crippen molar-refractivity contribution in [1.82, 2.24) is 0 Å². The summed E-state index contributed by atoms with van der Waals surface area (Å²) in [5, 5.41) is 0. The number of hydrogen-bond donors (Lipinski definition) is 0. The van der Waals surface area contributed by atoms with Crippen LogP contribution in [0.5, 0.6) is 0 Å². The molecule has 0 amide bonds. The molecule has 2 nitrogen and oxygen atoms in total. The average Bonchev–Trinajstić information content (AvgIpc) is 2.54. The Balaban J connectivity index is 2.28. The van der Waals surface area contributed by atoms with Crippen molar-refractivity contribution in [2.24, 2.45) is 5.41 Å². The lowest BCUT2D eigenvalue weighted by Crippen LogP contribution is -2.31. The Morgan fingerprint density at radius 1 is 1.27 bits per heavy atom. The van der Waals surface area contributed by atoms with Crippen molar-refractivity contribution in [3.05, 3.63) is 11.6 Å². The van der Waals surface area contributed by atoms with Gasteiger partial charge in [0, 0.05) is 12.8 Å². The number of fused-ring (bicyclic) bond motifs is 1. The van der Waals surface area contributed by atoms with Crippen LogP contribution in [0.25, 0.3) is 0 Å². The maximum Gasteiger partial charge on any atom is 0.155 e. The molecule has 0 aliphatic heterocycles. The van der Waals surface area contributed by atoms with Gasteiger partial charge in [-0.15, -0.1) is 0 Å². The van der Waals surface area contributed by atoms with E-state index in [0.29, 0.717) is 18.6 Å². The Labute approximate surface area is 90.7 Å². The molecule has 0 aromatic carbocycles. The molecule has 15 heavy (non-hydrogen) atoms. The molecule has 1 fully saturated rings. The van der Waals surface area contributed by atoms with Gasteiger partial charge in [-0.05, 0) is 25.3 Å². The van der Waals surface area contributed by atoms with Crippen molar-refractivity contribution in [3.63, 3.8) is 0 Å². The Morgan fingerprint density at radius 2 is 2.07 bits per heavy atom. The van der Waals surface area contributed by atoms with Gasteiger partial charge in [-0.1, -0.05) is 25.3 Å². The van der Waals surface area contributed by atoms with Crippen molar-refractivity contribution in [1.29, 1.82) is 0 Å². The smallest absolute Gasteiger partial charge is 0.155 e. The second-order valence-corrected chi connectivity index (χ2v) is 4.74. The molecule has 0 aromatic rings. The normalized spacial score (nSPS) is 30.3. The highest BCUT2D eigenvalue weighted by Crippen LogP contribution is 2.49. The minimum atomic E-state index is -0.218. The fraction of sp³-hybridized carbons (Fsp3) is 0.692. The molecule has 0 radical (unpaired) electrons. The number of rotatable bonds is 3. The molecular weight excluding hydrogens is 188 g/mol. The fourth-order valence-electron chi connectivity index (χ4n) is 2.92. The van der Waals surface area contributed by atoms with Gasteiger partial charge in [0.05, 0.1) is 5.41 Å². The second kappa shape index (κ2) is 3.92. The molecule has 0 spiro atoms. The summed E-state index contributed by atoms with van der Waals surface area (Å²) in [6, 6.07) is 0. The summed E-state index contributed by atoms with van der Waals surface area (Å²) in [5.74, 6) is 0.599. The maximum absolute atomic E-state index is 12.0. The first-order chi connectivity index (χ1) is 7.19. The van der Waals surface area contributed by atoms with E-state index in [4.69, 9.17) is 0 Å². The van der Waals surface area contributed by atoms with Crippen molar-refractivity contribution in [3.8, 4) is 0 Å². The lowest BCUT2D eigenvalue weighted by molar-refractivity contribution is -0.126. The third-order valence-corrected chi connectivity index (χ3v) is 3.86. The molecule has 1 atom stereocenters. The van der Waals surface area contributed by atoms with Crippen LogP contribution >= 0.6 is 0 Å². The zero-order valence-electron chi connectivity index (χ0n) is 9.34. The van der Waals surface area contributed by atoms with Crippen molar-refractivity contribution in [2.45, 2.75) is 51.9 Å². The summed E-state index contributed by atoms with van der Waals surface area (Å²) in [5.41, 5.74) is 0.918. The highest BCUT2D eigenvalue weighted by molar-refractivity contribution is 5.99. The SMILES string of the molecule is CCCC[C@]12CCC(=O)C=C1CCC2=O. The molecule has 0 saturated heterocycles. The van der Waals surface area contributed by atoms with Gasteiger partial charge in [0.15, 0.2) is 5.78 Å². The summed E-state index contributed by atoms with van der Waals surface area (Å²) in [4.78, 5) is 23.3. The van der Waals surface area contributed by atoms with Crippen LogP contribution in [0.4, 0.5) is 0 Å². The van der Waals surface area contributed by atoms with E-state index in [-0.39, 0.29) is 11.2 Å². The van der Waals surface area contributed by atoms with E-state index in [0.717, 1.165) is 37.7 Å². The molecule has 82 valence electrons. The summed E-state index contributed by atoms with van der Waals surface area (Å²) >= 11 is 0. The van der Waals surface area contributed by atoms with Gasteiger partial charge in [-0.2, -0.15) is 0 Å². The van der Waals surface area contributed by atoms with Crippen LogP contribution < -0.4 is 0 Å². The Bertz CT molecular complexity index is 327. The molecule has 2 rings (SSSR count). The zero-order chi connectivity index (χ0) is 10.9. The fourth-order valence-corrected chi connectivity index (χ4v) is 2.92. The number of ketones is 2. The first-order valence-corrected chi connectivity index (χ1v) is 5.96. The topological polar surface area (TPSA) is 34.1 Å². The molecule has 2 heteroatoms. The number of carbonyl (C=O) groups is 2. The second-order valence-electron chi connectivity index (χ2n) is 4.74. The van der Waals surface area contributed by atoms with Gasteiger partial charge >= 0.3 is 0 Å². The number of allylic oxidation sites excluding steroid dienone is 2. The maximum atomic E-state index is 12.0. The third-order valence-electron chi connectivity index (χ3n) is 3.86.